The third-order valence-corrected chi connectivity index (χ3v) is 7.87. The first-order valence-electron chi connectivity index (χ1n) is 8.13. The maximum absolute atomic E-state index is 10.7. The van der Waals surface area contributed by atoms with Gasteiger partial charge >= 0.3 is 0 Å². The Hall–Kier alpha value is -0.680. The van der Waals surface area contributed by atoms with E-state index in [0.29, 0.717) is 10.6 Å². The number of rotatable bonds is 4. The van der Waals surface area contributed by atoms with E-state index in [1.165, 1.54) is 0 Å². The SMILES string of the molecule is C=C(OC(C)(C)C)N1CCC[C@@H]1C=O.COS(C)(C)C(C)(C)C. The lowest BCUT2D eigenvalue weighted by atomic mass is 10.2. The van der Waals surface area contributed by atoms with Crippen LogP contribution >= 0.6 is 10.3 Å². The molecule has 0 radical (unpaired) electrons. The molecule has 1 aliphatic heterocycles. The maximum atomic E-state index is 10.7. The maximum Gasteiger partial charge on any atom is 0.183 e. The first kappa shape index (κ1) is 22.3. The van der Waals surface area contributed by atoms with Crippen LogP contribution in [0.1, 0.15) is 54.4 Å². The third kappa shape index (κ3) is 7.62. The number of aldehydes is 1. The highest BCUT2D eigenvalue weighted by molar-refractivity contribution is 8.29. The van der Waals surface area contributed by atoms with Crippen molar-refractivity contribution in [3.05, 3.63) is 12.5 Å². The Morgan fingerprint density at radius 3 is 2.04 bits per heavy atom. The van der Waals surface area contributed by atoms with Crippen molar-refractivity contribution < 1.29 is 13.7 Å². The average Bonchev–Trinajstić information content (AvgIpc) is 2.84. The zero-order valence-electron chi connectivity index (χ0n) is 16.6. The molecule has 1 fully saturated rings. The summed E-state index contributed by atoms with van der Waals surface area (Å²) in [5, 5.41) is 0. The summed E-state index contributed by atoms with van der Waals surface area (Å²) in [7, 11) is 0.957. The Morgan fingerprint density at radius 2 is 1.74 bits per heavy atom. The van der Waals surface area contributed by atoms with E-state index in [1.54, 1.807) is 7.11 Å². The predicted molar refractivity (Wildman–Crippen MR) is 102 cm³/mol. The van der Waals surface area contributed by atoms with Gasteiger partial charge in [-0.2, -0.15) is 0 Å². The summed E-state index contributed by atoms with van der Waals surface area (Å²) in [6.45, 7) is 17.3. The van der Waals surface area contributed by atoms with Crippen molar-refractivity contribution in [1.82, 2.24) is 4.90 Å². The number of hydrogen-bond acceptors (Lipinski definition) is 4. The molecule has 1 atom stereocenters. The number of ether oxygens (including phenoxy) is 1. The van der Waals surface area contributed by atoms with E-state index in [9.17, 15) is 4.79 Å². The molecule has 1 rings (SSSR count). The van der Waals surface area contributed by atoms with Gasteiger partial charge in [0.2, 0.25) is 0 Å². The monoisotopic (exact) mass is 347 g/mol. The molecule has 0 bridgehead atoms. The minimum atomic E-state index is -0.836. The van der Waals surface area contributed by atoms with E-state index < -0.39 is 10.3 Å². The summed E-state index contributed by atoms with van der Waals surface area (Å²) in [4.78, 5) is 12.7. The van der Waals surface area contributed by atoms with Gasteiger partial charge in [0.1, 0.15) is 11.9 Å². The van der Waals surface area contributed by atoms with E-state index in [0.717, 1.165) is 25.7 Å². The summed E-state index contributed by atoms with van der Waals surface area (Å²) in [5.74, 6) is 0.618. The van der Waals surface area contributed by atoms with E-state index >= 15 is 0 Å². The molecule has 5 heteroatoms. The molecule has 0 aromatic rings. The van der Waals surface area contributed by atoms with Crippen LogP contribution < -0.4 is 0 Å². The van der Waals surface area contributed by atoms with Crippen molar-refractivity contribution >= 4 is 16.6 Å². The van der Waals surface area contributed by atoms with Gasteiger partial charge in [-0.15, -0.1) is 10.3 Å². The smallest absolute Gasteiger partial charge is 0.183 e. The van der Waals surface area contributed by atoms with Gasteiger partial charge in [0.15, 0.2) is 5.88 Å². The molecule has 1 aliphatic rings. The molecule has 0 spiro atoms. The quantitative estimate of drug-likeness (QED) is 0.560. The van der Waals surface area contributed by atoms with Crippen LogP contribution in [-0.4, -0.2) is 53.7 Å². The van der Waals surface area contributed by atoms with Crippen molar-refractivity contribution in [2.45, 2.75) is 70.8 Å². The Labute approximate surface area is 145 Å². The summed E-state index contributed by atoms with van der Waals surface area (Å²) in [6.07, 6.45) is 7.30. The summed E-state index contributed by atoms with van der Waals surface area (Å²) < 4.78 is 11.3. The van der Waals surface area contributed by atoms with Crippen LogP contribution in [-0.2, 0) is 13.7 Å². The highest BCUT2D eigenvalue weighted by Crippen LogP contribution is 2.52. The third-order valence-electron chi connectivity index (χ3n) is 4.09. The lowest BCUT2D eigenvalue weighted by molar-refractivity contribution is -0.112. The van der Waals surface area contributed by atoms with Crippen LogP contribution in [0, 0.1) is 0 Å². The largest absolute Gasteiger partial charge is 0.474 e. The van der Waals surface area contributed by atoms with Gasteiger partial charge in [0, 0.05) is 18.4 Å². The second-order valence-electron chi connectivity index (χ2n) is 8.16. The fourth-order valence-electron chi connectivity index (χ4n) is 1.91. The van der Waals surface area contributed by atoms with Crippen molar-refractivity contribution in [3.63, 3.8) is 0 Å². The lowest BCUT2D eigenvalue weighted by Crippen LogP contribution is -2.34. The van der Waals surface area contributed by atoms with Gasteiger partial charge in [0.05, 0.1) is 6.04 Å². The van der Waals surface area contributed by atoms with Crippen LogP contribution in [0.15, 0.2) is 12.5 Å². The van der Waals surface area contributed by atoms with Crippen LogP contribution in [0.25, 0.3) is 0 Å². The fraction of sp³-hybridized carbons (Fsp3) is 0.833. The highest BCUT2D eigenvalue weighted by Gasteiger charge is 2.28. The number of carbonyl (C=O) groups is 1. The summed E-state index contributed by atoms with van der Waals surface area (Å²) in [5.41, 5.74) is -0.243. The van der Waals surface area contributed by atoms with Gasteiger partial charge in [-0.25, -0.2) is 0 Å². The number of likely N-dealkylation sites (tertiary alicyclic amines) is 1. The fourth-order valence-corrected chi connectivity index (χ4v) is 2.41. The summed E-state index contributed by atoms with van der Waals surface area (Å²) >= 11 is 0. The Bertz CT molecular complexity index is 394. The zero-order valence-corrected chi connectivity index (χ0v) is 17.4. The normalized spacial score (nSPS) is 19.7. The predicted octanol–water partition coefficient (Wildman–Crippen LogP) is 4.35. The first-order valence-corrected chi connectivity index (χ1v) is 10.5. The van der Waals surface area contributed by atoms with Gasteiger partial charge in [-0.1, -0.05) is 20.8 Å². The van der Waals surface area contributed by atoms with E-state index in [2.05, 4.69) is 39.9 Å². The highest BCUT2D eigenvalue weighted by atomic mass is 32.3. The number of carbonyl (C=O) groups excluding carboxylic acids is 1. The molecular weight excluding hydrogens is 310 g/mol. The topological polar surface area (TPSA) is 38.8 Å². The Morgan fingerprint density at radius 1 is 1.22 bits per heavy atom. The van der Waals surface area contributed by atoms with Crippen molar-refractivity contribution in [3.8, 4) is 0 Å². The second kappa shape index (κ2) is 8.43. The van der Waals surface area contributed by atoms with Gasteiger partial charge in [0.25, 0.3) is 0 Å². The van der Waals surface area contributed by atoms with E-state index in [-0.39, 0.29) is 11.6 Å². The van der Waals surface area contributed by atoms with Crippen molar-refractivity contribution in [2.24, 2.45) is 0 Å². The molecule has 0 aliphatic carbocycles. The number of hydrogen-bond donors (Lipinski definition) is 0. The minimum absolute atomic E-state index is 0.0372. The van der Waals surface area contributed by atoms with Gasteiger partial charge < -0.3 is 18.6 Å². The standard InChI is InChI=1S/C11H19NO2.C7H18OS/c1-9(14-11(2,3)4)12-7-5-6-10(12)8-13;1-7(2,3)9(5,6)8-4/h8,10H,1,5-7H2,2-4H3;1-6H3/t10-;/m1./s1. The molecule has 0 aromatic heterocycles. The molecule has 0 aromatic carbocycles. The van der Waals surface area contributed by atoms with Crippen LogP contribution in [0.4, 0.5) is 0 Å². The van der Waals surface area contributed by atoms with Crippen molar-refractivity contribution in [1.29, 1.82) is 0 Å². The molecular formula is C18H37NO3S. The van der Waals surface area contributed by atoms with Crippen LogP contribution in [0.2, 0.25) is 0 Å². The van der Waals surface area contributed by atoms with Gasteiger partial charge in [-0.05, 0) is 52.7 Å². The molecule has 4 nitrogen and oxygen atoms in total. The molecule has 0 saturated carbocycles. The van der Waals surface area contributed by atoms with E-state index in [4.69, 9.17) is 8.92 Å². The molecule has 1 saturated heterocycles. The average molecular weight is 348 g/mol. The second-order valence-corrected chi connectivity index (χ2v) is 12.2. The molecule has 1 heterocycles. The molecule has 138 valence electrons. The van der Waals surface area contributed by atoms with E-state index in [1.807, 2.05) is 25.7 Å². The van der Waals surface area contributed by atoms with Gasteiger partial charge in [-0.3, -0.25) is 0 Å². The van der Waals surface area contributed by atoms with Crippen LogP contribution in [0.5, 0.6) is 0 Å². The minimum Gasteiger partial charge on any atom is -0.474 e. The molecule has 0 unspecified atom stereocenters. The van der Waals surface area contributed by atoms with Crippen molar-refractivity contribution in [2.75, 3.05) is 26.2 Å². The molecule has 0 amide bonds. The van der Waals surface area contributed by atoms with Crippen LogP contribution in [0.3, 0.4) is 0 Å². The Kier molecular flexibility index (Phi) is 8.18. The first-order chi connectivity index (χ1) is 10.2. The lowest BCUT2D eigenvalue weighted by Gasteiger charge is -2.42. The summed E-state index contributed by atoms with van der Waals surface area (Å²) in [6, 6.07) is -0.0372. The number of nitrogens with zero attached hydrogens (tertiary/aromatic N) is 1. The Balaban J connectivity index is 0.000000468. The molecule has 23 heavy (non-hydrogen) atoms. The zero-order chi connectivity index (χ0) is 18.5. The molecule has 0 N–H and O–H groups in total.